The van der Waals surface area contributed by atoms with E-state index in [-0.39, 0.29) is 11.7 Å². The highest BCUT2D eigenvalue weighted by atomic mass is 32.1. The van der Waals surface area contributed by atoms with Gasteiger partial charge in [0.25, 0.3) is 0 Å². The third-order valence-electron chi connectivity index (χ3n) is 3.49. The van der Waals surface area contributed by atoms with Crippen molar-refractivity contribution in [2.45, 2.75) is 12.0 Å². The molecule has 1 aromatic carbocycles. The molecule has 1 aliphatic heterocycles. The zero-order valence-electron chi connectivity index (χ0n) is 9.20. The third kappa shape index (κ3) is 1.70. The Morgan fingerprint density at radius 3 is 3.18 bits per heavy atom. The van der Waals surface area contributed by atoms with Crippen molar-refractivity contribution in [2.75, 3.05) is 18.9 Å². The molecule has 1 saturated heterocycles. The first-order chi connectivity index (χ1) is 8.12. The second-order valence-electron chi connectivity index (χ2n) is 4.67. The van der Waals surface area contributed by atoms with Gasteiger partial charge < -0.3 is 15.8 Å². The molecule has 3 rings (SSSR count). The van der Waals surface area contributed by atoms with E-state index in [9.17, 15) is 4.39 Å². The summed E-state index contributed by atoms with van der Waals surface area (Å²) < 4.78 is 19.3. The molecule has 17 heavy (non-hydrogen) atoms. The minimum atomic E-state index is -0.396. The van der Waals surface area contributed by atoms with Crippen LogP contribution in [0.2, 0.25) is 0 Å². The molecular formula is C12H13FN2OS. The van der Waals surface area contributed by atoms with Crippen LogP contribution in [0.3, 0.4) is 0 Å². The van der Waals surface area contributed by atoms with E-state index in [0.29, 0.717) is 29.5 Å². The number of halogens is 1. The van der Waals surface area contributed by atoms with Crippen molar-refractivity contribution < 1.29 is 9.13 Å². The van der Waals surface area contributed by atoms with Crippen molar-refractivity contribution in [2.24, 2.45) is 5.92 Å². The lowest BCUT2D eigenvalue weighted by Crippen LogP contribution is -2.36. The number of thiocarbonyl (C=S) groups is 1. The number of nitrogens with two attached hydrogens (primary N) is 1. The van der Waals surface area contributed by atoms with Crippen molar-refractivity contribution in [3.05, 3.63) is 29.6 Å². The first-order valence-corrected chi connectivity index (χ1v) is 5.97. The molecule has 0 bridgehead atoms. The third-order valence-corrected chi connectivity index (χ3v) is 3.71. The van der Waals surface area contributed by atoms with Gasteiger partial charge in [0.1, 0.15) is 10.8 Å². The van der Waals surface area contributed by atoms with E-state index in [0.717, 1.165) is 6.42 Å². The summed E-state index contributed by atoms with van der Waals surface area (Å²) in [6.45, 7) is 1.03. The molecule has 0 radical (unpaired) electrons. The Hall–Kier alpha value is -1.20. The maximum atomic E-state index is 13.9. The molecular weight excluding hydrogens is 239 g/mol. The standard InChI is InChI=1S/C12H13FN2OS/c13-10-2-1-8(14)3-9(10)12-4-7(12)5-16-6-11(17)15-12/h1-3,7H,4-6,14H2,(H,15,17)/t7-,12-/m0/s1. The normalized spacial score (nSPS) is 31.4. The van der Waals surface area contributed by atoms with E-state index in [1.54, 1.807) is 12.1 Å². The van der Waals surface area contributed by atoms with Gasteiger partial charge in [-0.05, 0) is 24.6 Å². The molecule has 1 aliphatic carbocycles. The zero-order valence-corrected chi connectivity index (χ0v) is 10.0. The minimum Gasteiger partial charge on any atom is -0.399 e. The molecule has 1 saturated carbocycles. The SMILES string of the molecule is Nc1ccc(F)c([C@]23C[C@H]2COCC(=S)N3)c1. The topological polar surface area (TPSA) is 47.3 Å². The number of fused-ring (bicyclic) bond motifs is 1. The summed E-state index contributed by atoms with van der Waals surface area (Å²) in [6.07, 6.45) is 0.841. The fourth-order valence-corrected chi connectivity index (χ4v) is 2.81. The minimum absolute atomic E-state index is 0.237. The van der Waals surface area contributed by atoms with E-state index in [2.05, 4.69) is 5.32 Å². The molecule has 2 fully saturated rings. The van der Waals surface area contributed by atoms with Gasteiger partial charge >= 0.3 is 0 Å². The number of hydrogen-bond acceptors (Lipinski definition) is 3. The van der Waals surface area contributed by atoms with Crippen LogP contribution in [0.1, 0.15) is 12.0 Å². The van der Waals surface area contributed by atoms with Gasteiger partial charge in [-0.15, -0.1) is 0 Å². The number of nitrogens with one attached hydrogen (secondary N) is 1. The number of anilines is 1. The van der Waals surface area contributed by atoms with Crippen LogP contribution in [0.15, 0.2) is 18.2 Å². The highest BCUT2D eigenvalue weighted by molar-refractivity contribution is 7.80. The maximum Gasteiger partial charge on any atom is 0.128 e. The molecule has 3 nitrogen and oxygen atoms in total. The van der Waals surface area contributed by atoms with Crippen molar-refractivity contribution in [3.63, 3.8) is 0 Å². The van der Waals surface area contributed by atoms with Gasteiger partial charge in [-0.2, -0.15) is 0 Å². The number of hydrogen-bond donors (Lipinski definition) is 2. The number of nitrogen functional groups attached to an aromatic ring is 1. The van der Waals surface area contributed by atoms with Crippen LogP contribution in [0.5, 0.6) is 0 Å². The quantitative estimate of drug-likeness (QED) is 0.588. The van der Waals surface area contributed by atoms with Gasteiger partial charge in [-0.3, -0.25) is 0 Å². The summed E-state index contributed by atoms with van der Waals surface area (Å²) in [5.74, 6) is 0.0400. The van der Waals surface area contributed by atoms with Crippen LogP contribution < -0.4 is 11.1 Å². The van der Waals surface area contributed by atoms with E-state index >= 15 is 0 Å². The van der Waals surface area contributed by atoms with Crippen LogP contribution in [-0.2, 0) is 10.3 Å². The predicted octanol–water partition coefficient (Wildman–Crippen LogP) is 1.57. The number of ether oxygens (including phenoxy) is 1. The Morgan fingerprint density at radius 1 is 1.53 bits per heavy atom. The van der Waals surface area contributed by atoms with E-state index < -0.39 is 5.54 Å². The van der Waals surface area contributed by atoms with E-state index in [1.807, 2.05) is 0 Å². The van der Waals surface area contributed by atoms with Gasteiger partial charge in [-0.25, -0.2) is 4.39 Å². The van der Waals surface area contributed by atoms with Crippen molar-refractivity contribution in [1.82, 2.24) is 5.32 Å². The average molecular weight is 252 g/mol. The molecule has 90 valence electrons. The average Bonchev–Trinajstić information content (AvgIpc) is 2.96. The zero-order chi connectivity index (χ0) is 12.0. The second kappa shape index (κ2) is 3.65. The van der Waals surface area contributed by atoms with Gasteiger partial charge in [-0.1, -0.05) is 12.2 Å². The Balaban J connectivity index is 2.03. The Morgan fingerprint density at radius 2 is 2.35 bits per heavy atom. The summed E-state index contributed by atoms with van der Waals surface area (Å²) in [4.78, 5) is 0.631. The Bertz CT molecular complexity index is 493. The molecule has 0 aromatic heterocycles. The van der Waals surface area contributed by atoms with Crippen LogP contribution in [0.4, 0.5) is 10.1 Å². The monoisotopic (exact) mass is 252 g/mol. The van der Waals surface area contributed by atoms with Gasteiger partial charge in [0, 0.05) is 17.2 Å². The number of benzene rings is 1. The van der Waals surface area contributed by atoms with Gasteiger partial charge in [0.15, 0.2) is 0 Å². The first-order valence-electron chi connectivity index (χ1n) is 5.56. The fraction of sp³-hybridized carbons (Fsp3) is 0.417. The second-order valence-corrected chi connectivity index (χ2v) is 5.17. The van der Waals surface area contributed by atoms with E-state index in [1.165, 1.54) is 6.07 Å². The van der Waals surface area contributed by atoms with Gasteiger partial charge in [0.05, 0.1) is 18.8 Å². The first kappa shape index (κ1) is 10.9. The molecule has 5 heteroatoms. The molecule has 2 aliphatic rings. The van der Waals surface area contributed by atoms with E-state index in [4.69, 9.17) is 22.7 Å². The maximum absolute atomic E-state index is 13.9. The lowest BCUT2D eigenvalue weighted by Gasteiger charge is -2.20. The summed E-state index contributed by atoms with van der Waals surface area (Å²) in [5.41, 5.74) is 6.51. The predicted molar refractivity (Wildman–Crippen MR) is 67.2 cm³/mol. The lowest BCUT2D eigenvalue weighted by molar-refractivity contribution is 0.161. The largest absolute Gasteiger partial charge is 0.399 e. The molecule has 0 unspecified atom stereocenters. The summed E-state index contributed by atoms with van der Waals surface area (Å²) >= 11 is 5.15. The van der Waals surface area contributed by atoms with Crippen LogP contribution in [0.25, 0.3) is 0 Å². The fourth-order valence-electron chi connectivity index (χ4n) is 2.54. The molecule has 2 atom stereocenters. The Kier molecular flexibility index (Phi) is 2.34. The summed E-state index contributed by atoms with van der Waals surface area (Å²) in [6, 6.07) is 4.67. The molecule has 0 spiro atoms. The molecule has 1 aromatic rings. The highest BCUT2D eigenvalue weighted by Crippen LogP contribution is 2.53. The van der Waals surface area contributed by atoms with Crippen molar-refractivity contribution in [1.29, 1.82) is 0 Å². The van der Waals surface area contributed by atoms with Crippen LogP contribution in [-0.4, -0.2) is 18.2 Å². The molecule has 0 amide bonds. The lowest BCUT2D eigenvalue weighted by atomic mass is 10.0. The summed E-state index contributed by atoms with van der Waals surface area (Å²) in [7, 11) is 0. The Labute approximate surface area is 104 Å². The molecule has 3 N–H and O–H groups in total. The van der Waals surface area contributed by atoms with Crippen LogP contribution >= 0.6 is 12.2 Å². The van der Waals surface area contributed by atoms with Crippen molar-refractivity contribution >= 4 is 22.9 Å². The summed E-state index contributed by atoms with van der Waals surface area (Å²) in [5, 5.41) is 3.22. The van der Waals surface area contributed by atoms with Crippen molar-refractivity contribution in [3.8, 4) is 0 Å². The highest BCUT2D eigenvalue weighted by Gasteiger charge is 2.58. The van der Waals surface area contributed by atoms with Gasteiger partial charge in [0.2, 0.25) is 0 Å². The molecule has 1 heterocycles. The number of rotatable bonds is 1. The van der Waals surface area contributed by atoms with Crippen LogP contribution in [0, 0.1) is 11.7 Å². The smallest absolute Gasteiger partial charge is 0.128 e.